The molecule has 0 saturated heterocycles. The van der Waals surface area contributed by atoms with E-state index in [1.807, 2.05) is 0 Å². The van der Waals surface area contributed by atoms with E-state index in [1.165, 1.54) is 36.4 Å². The molecule has 0 amide bonds. The van der Waals surface area contributed by atoms with Gasteiger partial charge in [-0.15, -0.1) is 0 Å². The Hall–Kier alpha value is -2.30. The monoisotopic (exact) mass is 394 g/mol. The predicted molar refractivity (Wildman–Crippen MR) is 91.2 cm³/mol. The van der Waals surface area contributed by atoms with Gasteiger partial charge in [-0.05, 0) is 53.2 Å². The molecule has 0 saturated carbocycles. The summed E-state index contributed by atoms with van der Waals surface area (Å²) in [5.74, 6) is -1.65. The Balaban J connectivity index is 0.00000261. The maximum Gasteiger partial charge on any atom is 1.00 e. The molecule has 27 heavy (non-hydrogen) atoms. The molecule has 0 bridgehead atoms. The number of azo groups is 1. The average molecular weight is 394 g/mol. The topological polar surface area (TPSA) is 139 Å². The minimum atomic E-state index is -4.53. The van der Waals surface area contributed by atoms with Crippen molar-refractivity contribution < 1.29 is 57.5 Å². The number of carboxylic acid groups (broad SMARTS) is 1. The van der Waals surface area contributed by atoms with Crippen molar-refractivity contribution >= 4 is 38.2 Å². The summed E-state index contributed by atoms with van der Waals surface area (Å²) < 4.78 is 33.2. The molecule has 0 aliphatic heterocycles. The first-order valence-electron chi connectivity index (χ1n) is 7.22. The van der Waals surface area contributed by atoms with Gasteiger partial charge < -0.3 is 14.8 Å². The number of carboxylic acids is 1. The van der Waals surface area contributed by atoms with Gasteiger partial charge in [0.05, 0.1) is 16.3 Å². The Morgan fingerprint density at radius 3 is 2.07 bits per heavy atom. The maximum absolute atomic E-state index is 11.1. The van der Waals surface area contributed by atoms with Crippen LogP contribution in [0.1, 0.15) is 10.4 Å². The zero-order valence-electron chi connectivity index (χ0n) is 14.0. The van der Waals surface area contributed by atoms with Crippen molar-refractivity contribution in [2.24, 2.45) is 10.2 Å². The first kappa shape index (κ1) is 21.0. The molecule has 3 aromatic rings. The first-order valence-corrected chi connectivity index (χ1v) is 8.63. The second kappa shape index (κ2) is 8.15. The maximum atomic E-state index is 11.1. The van der Waals surface area contributed by atoms with E-state index in [4.69, 9.17) is 5.11 Å². The van der Waals surface area contributed by atoms with Crippen LogP contribution in [0.25, 0.3) is 10.8 Å². The Labute approximate surface area is 176 Å². The number of phenols is 1. The van der Waals surface area contributed by atoms with E-state index in [0.717, 1.165) is 0 Å². The number of benzene rings is 3. The summed E-state index contributed by atoms with van der Waals surface area (Å²) in [5.41, 5.74) is 0.402. The molecule has 0 spiro atoms. The van der Waals surface area contributed by atoms with Crippen LogP contribution in [-0.2, 0) is 10.1 Å². The summed E-state index contributed by atoms with van der Waals surface area (Å²) in [6, 6.07) is 12.6. The van der Waals surface area contributed by atoms with Gasteiger partial charge in [0, 0.05) is 0 Å². The third-order valence-electron chi connectivity index (χ3n) is 3.58. The largest absolute Gasteiger partial charge is 1.00 e. The quantitative estimate of drug-likeness (QED) is 0.377. The molecule has 0 aliphatic rings. The summed E-state index contributed by atoms with van der Waals surface area (Å²) in [4.78, 5) is 10.7. The molecular formula is C17H11N2NaO6S. The van der Waals surface area contributed by atoms with Crippen molar-refractivity contribution in [2.45, 2.75) is 4.90 Å². The summed E-state index contributed by atoms with van der Waals surface area (Å²) >= 11 is 0. The number of rotatable bonds is 4. The number of hydrogen-bond donors (Lipinski definition) is 2. The summed E-state index contributed by atoms with van der Waals surface area (Å²) in [5, 5.41) is 27.6. The van der Waals surface area contributed by atoms with Crippen molar-refractivity contribution in [3.8, 4) is 5.75 Å². The van der Waals surface area contributed by atoms with Crippen LogP contribution in [0.4, 0.5) is 11.4 Å². The van der Waals surface area contributed by atoms with Gasteiger partial charge in [0.2, 0.25) is 0 Å². The minimum Gasteiger partial charge on any atom is -0.744 e. The van der Waals surface area contributed by atoms with Crippen molar-refractivity contribution in [2.75, 3.05) is 0 Å². The fraction of sp³-hybridized carbons (Fsp3) is 0. The van der Waals surface area contributed by atoms with Gasteiger partial charge in [-0.2, -0.15) is 10.2 Å². The van der Waals surface area contributed by atoms with E-state index in [9.17, 15) is 22.9 Å². The minimum absolute atomic E-state index is 0. The van der Waals surface area contributed by atoms with Crippen LogP contribution in [0.5, 0.6) is 5.75 Å². The van der Waals surface area contributed by atoms with Crippen LogP contribution < -0.4 is 29.6 Å². The Morgan fingerprint density at radius 2 is 1.44 bits per heavy atom. The molecule has 0 radical (unpaired) electrons. The van der Waals surface area contributed by atoms with Crippen molar-refractivity contribution in [1.29, 1.82) is 0 Å². The average Bonchev–Trinajstić information content (AvgIpc) is 2.59. The first-order chi connectivity index (χ1) is 12.2. The van der Waals surface area contributed by atoms with E-state index in [2.05, 4.69) is 10.2 Å². The van der Waals surface area contributed by atoms with Crippen molar-refractivity contribution in [1.82, 2.24) is 0 Å². The van der Waals surface area contributed by atoms with Crippen LogP contribution in [0.3, 0.4) is 0 Å². The predicted octanol–water partition coefficient (Wildman–Crippen LogP) is 0.567. The number of aromatic hydroxyl groups is 1. The van der Waals surface area contributed by atoms with E-state index >= 15 is 0 Å². The molecule has 0 fully saturated rings. The molecule has 8 nitrogen and oxygen atoms in total. The Bertz CT molecular complexity index is 1160. The molecule has 132 valence electrons. The zero-order valence-corrected chi connectivity index (χ0v) is 16.8. The smallest absolute Gasteiger partial charge is 0.744 e. The van der Waals surface area contributed by atoms with Gasteiger partial charge >= 0.3 is 35.5 Å². The molecule has 3 aromatic carbocycles. The molecule has 0 unspecified atom stereocenters. The number of nitrogens with zero attached hydrogens (tertiary/aromatic N) is 2. The van der Waals surface area contributed by atoms with Gasteiger partial charge in [-0.3, -0.25) is 0 Å². The van der Waals surface area contributed by atoms with Crippen LogP contribution >= 0.6 is 0 Å². The number of carbonyl (C=O) groups is 1. The van der Waals surface area contributed by atoms with Crippen LogP contribution in [-0.4, -0.2) is 29.2 Å². The molecule has 10 heteroatoms. The normalized spacial score (nSPS) is 11.4. The molecule has 0 aromatic heterocycles. The van der Waals surface area contributed by atoms with Gasteiger partial charge in [-0.1, -0.05) is 12.1 Å². The second-order valence-electron chi connectivity index (χ2n) is 5.35. The zero-order chi connectivity index (χ0) is 18.9. The van der Waals surface area contributed by atoms with E-state index in [-0.39, 0.29) is 51.5 Å². The van der Waals surface area contributed by atoms with Crippen LogP contribution in [0.2, 0.25) is 0 Å². The van der Waals surface area contributed by atoms with Gasteiger partial charge in [0.25, 0.3) is 0 Å². The molecule has 2 N–H and O–H groups in total. The van der Waals surface area contributed by atoms with Crippen LogP contribution in [0.15, 0.2) is 69.7 Å². The van der Waals surface area contributed by atoms with E-state index in [0.29, 0.717) is 16.5 Å². The number of fused-ring (bicyclic) bond motifs is 1. The summed E-state index contributed by atoms with van der Waals surface area (Å²) in [6.07, 6.45) is 0. The van der Waals surface area contributed by atoms with E-state index < -0.39 is 16.1 Å². The Kier molecular flexibility index (Phi) is 6.34. The van der Waals surface area contributed by atoms with Crippen molar-refractivity contribution in [3.63, 3.8) is 0 Å². The van der Waals surface area contributed by atoms with Gasteiger partial charge in [0.15, 0.2) is 0 Å². The van der Waals surface area contributed by atoms with Gasteiger partial charge in [-0.25, -0.2) is 13.2 Å². The SMILES string of the molecule is O=C(O)c1cc(N=Nc2ccc3cc(S(=O)(=O)[O-])ccc3c2)ccc1O.[Na+]. The fourth-order valence-corrected chi connectivity index (χ4v) is 2.81. The van der Waals surface area contributed by atoms with E-state index in [1.54, 1.807) is 18.2 Å². The third-order valence-corrected chi connectivity index (χ3v) is 4.41. The Morgan fingerprint density at radius 1 is 0.889 bits per heavy atom. The molecule has 0 aliphatic carbocycles. The summed E-state index contributed by atoms with van der Waals surface area (Å²) in [6.45, 7) is 0. The van der Waals surface area contributed by atoms with Gasteiger partial charge in [0.1, 0.15) is 21.4 Å². The molecule has 0 heterocycles. The second-order valence-corrected chi connectivity index (χ2v) is 6.73. The molecule has 0 atom stereocenters. The van der Waals surface area contributed by atoms with Crippen molar-refractivity contribution in [3.05, 3.63) is 60.2 Å². The number of hydrogen-bond acceptors (Lipinski definition) is 7. The summed E-state index contributed by atoms with van der Waals surface area (Å²) in [7, 11) is -4.53. The standard InChI is InChI=1S/C17H12N2O6S.Na/c20-16-6-4-13(9-15(16)17(21)22)19-18-12-3-1-11-8-14(26(23,24)25)5-2-10(11)7-12;/h1-9,20H,(H,21,22)(H,23,24,25);/q;+1/p-1. The molecular weight excluding hydrogens is 383 g/mol. The number of aromatic carboxylic acids is 1. The fourth-order valence-electron chi connectivity index (χ4n) is 2.30. The molecule has 3 rings (SSSR count). The van der Waals surface area contributed by atoms with Crippen LogP contribution in [0, 0.1) is 0 Å². The third kappa shape index (κ3) is 4.90.